The van der Waals surface area contributed by atoms with Crippen LogP contribution in [0.3, 0.4) is 0 Å². The Morgan fingerprint density at radius 3 is 3.32 bits per heavy atom. The quantitative estimate of drug-likeness (QED) is 0.801. The van der Waals surface area contributed by atoms with Gasteiger partial charge in [-0.05, 0) is 12.8 Å². The molecule has 1 atom stereocenters. The Kier molecular flexibility index (Phi) is 5.17. The van der Waals surface area contributed by atoms with Crippen molar-refractivity contribution in [3.05, 3.63) is 12.4 Å². The van der Waals surface area contributed by atoms with Crippen LogP contribution in [0, 0.1) is 0 Å². The Balaban J connectivity index is 1.70. The summed E-state index contributed by atoms with van der Waals surface area (Å²) in [5.41, 5.74) is 0.668. The van der Waals surface area contributed by atoms with E-state index >= 15 is 0 Å². The number of rotatable bonds is 6. The molecular weight excluding hydrogens is 248 g/mol. The van der Waals surface area contributed by atoms with Crippen LogP contribution in [-0.4, -0.2) is 48.8 Å². The van der Waals surface area contributed by atoms with Crippen LogP contribution in [0.4, 0.5) is 10.5 Å². The van der Waals surface area contributed by atoms with Gasteiger partial charge < -0.3 is 20.1 Å². The van der Waals surface area contributed by atoms with Crippen LogP contribution in [0.5, 0.6) is 0 Å². The summed E-state index contributed by atoms with van der Waals surface area (Å²) < 4.78 is 12.1. The minimum absolute atomic E-state index is 0.148. The highest BCUT2D eigenvalue weighted by Crippen LogP contribution is 2.10. The lowest BCUT2D eigenvalue weighted by Crippen LogP contribution is -2.34. The van der Waals surface area contributed by atoms with Gasteiger partial charge in [-0.25, -0.2) is 4.79 Å². The minimum atomic E-state index is -0.234. The zero-order chi connectivity index (χ0) is 13.5. The monoisotopic (exact) mass is 268 g/mol. The van der Waals surface area contributed by atoms with E-state index in [-0.39, 0.29) is 12.1 Å². The number of amides is 2. The van der Waals surface area contributed by atoms with Gasteiger partial charge in [0, 0.05) is 26.5 Å². The van der Waals surface area contributed by atoms with E-state index in [1.165, 1.54) is 0 Å². The molecule has 1 fully saturated rings. The van der Waals surface area contributed by atoms with Crippen molar-refractivity contribution in [2.75, 3.05) is 32.2 Å². The standard InChI is InChI=1S/C12H20N4O3/c1-18-6-4-16-9-10(7-14-16)15-12(17)13-8-11-3-2-5-19-11/h7,9,11H,2-6,8H2,1H3,(H2,13,15,17)/t11-/m0/s1. The van der Waals surface area contributed by atoms with E-state index in [4.69, 9.17) is 9.47 Å². The second kappa shape index (κ2) is 7.10. The average molecular weight is 268 g/mol. The zero-order valence-electron chi connectivity index (χ0n) is 11.1. The minimum Gasteiger partial charge on any atom is -0.383 e. The van der Waals surface area contributed by atoms with E-state index in [0.717, 1.165) is 19.4 Å². The summed E-state index contributed by atoms with van der Waals surface area (Å²) in [5, 5.41) is 9.64. The van der Waals surface area contributed by atoms with Gasteiger partial charge in [0.05, 0.1) is 31.1 Å². The molecule has 1 aliphatic heterocycles. The molecule has 2 heterocycles. The van der Waals surface area contributed by atoms with Crippen LogP contribution in [0.25, 0.3) is 0 Å². The molecule has 106 valence electrons. The van der Waals surface area contributed by atoms with Gasteiger partial charge in [0.2, 0.25) is 0 Å². The summed E-state index contributed by atoms with van der Waals surface area (Å²) >= 11 is 0. The maximum Gasteiger partial charge on any atom is 0.319 e. The molecular formula is C12H20N4O3. The van der Waals surface area contributed by atoms with Crippen molar-refractivity contribution in [2.45, 2.75) is 25.5 Å². The third-order valence-corrected chi connectivity index (χ3v) is 2.93. The highest BCUT2D eigenvalue weighted by molar-refractivity contribution is 5.88. The highest BCUT2D eigenvalue weighted by atomic mass is 16.5. The summed E-state index contributed by atoms with van der Waals surface area (Å²) in [5.74, 6) is 0. The molecule has 0 unspecified atom stereocenters. The first-order chi connectivity index (χ1) is 9.28. The fourth-order valence-corrected chi connectivity index (χ4v) is 1.92. The number of ether oxygens (including phenoxy) is 2. The molecule has 2 amide bonds. The maximum atomic E-state index is 11.7. The van der Waals surface area contributed by atoms with Crippen LogP contribution in [0.15, 0.2) is 12.4 Å². The van der Waals surface area contributed by atoms with Gasteiger partial charge in [-0.3, -0.25) is 4.68 Å². The van der Waals surface area contributed by atoms with Gasteiger partial charge >= 0.3 is 6.03 Å². The number of nitrogens with one attached hydrogen (secondary N) is 2. The van der Waals surface area contributed by atoms with Crippen LogP contribution in [0.1, 0.15) is 12.8 Å². The number of hydrogen-bond donors (Lipinski definition) is 2. The summed E-state index contributed by atoms with van der Waals surface area (Å²) in [4.78, 5) is 11.7. The molecule has 0 saturated carbocycles. The molecule has 7 nitrogen and oxygen atoms in total. The first kappa shape index (κ1) is 13.8. The van der Waals surface area contributed by atoms with E-state index in [9.17, 15) is 4.79 Å². The molecule has 19 heavy (non-hydrogen) atoms. The Morgan fingerprint density at radius 2 is 2.58 bits per heavy atom. The van der Waals surface area contributed by atoms with Gasteiger partial charge in [0.15, 0.2) is 0 Å². The third kappa shape index (κ3) is 4.53. The van der Waals surface area contributed by atoms with Crippen LogP contribution in [-0.2, 0) is 16.0 Å². The molecule has 7 heteroatoms. The number of carbonyl (C=O) groups is 1. The number of urea groups is 1. The second-order valence-corrected chi connectivity index (χ2v) is 4.45. The fourth-order valence-electron chi connectivity index (χ4n) is 1.92. The van der Waals surface area contributed by atoms with Gasteiger partial charge in [0.25, 0.3) is 0 Å². The predicted octanol–water partition coefficient (Wildman–Crippen LogP) is 0.830. The van der Waals surface area contributed by atoms with Gasteiger partial charge in [-0.1, -0.05) is 0 Å². The van der Waals surface area contributed by atoms with Crippen molar-refractivity contribution in [3.63, 3.8) is 0 Å². The van der Waals surface area contributed by atoms with E-state index in [1.54, 1.807) is 24.2 Å². The van der Waals surface area contributed by atoms with E-state index in [1.807, 2.05) is 0 Å². The fraction of sp³-hybridized carbons (Fsp3) is 0.667. The van der Waals surface area contributed by atoms with Crippen LogP contribution >= 0.6 is 0 Å². The van der Waals surface area contributed by atoms with Gasteiger partial charge in [-0.2, -0.15) is 5.10 Å². The van der Waals surface area contributed by atoms with E-state index < -0.39 is 0 Å². The van der Waals surface area contributed by atoms with Gasteiger partial charge in [-0.15, -0.1) is 0 Å². The lowest BCUT2D eigenvalue weighted by molar-refractivity contribution is 0.112. The lowest BCUT2D eigenvalue weighted by atomic mass is 10.2. The summed E-state index contributed by atoms with van der Waals surface area (Å²) in [6, 6.07) is -0.234. The number of anilines is 1. The van der Waals surface area contributed by atoms with Crippen molar-refractivity contribution < 1.29 is 14.3 Å². The van der Waals surface area contributed by atoms with Crippen molar-refractivity contribution in [2.24, 2.45) is 0 Å². The Bertz CT molecular complexity index is 401. The molecule has 1 aromatic rings. The lowest BCUT2D eigenvalue weighted by Gasteiger charge is -2.10. The molecule has 2 N–H and O–H groups in total. The summed E-state index contributed by atoms with van der Waals surface area (Å²) in [6.07, 6.45) is 5.61. The Labute approximate surface area is 112 Å². The largest absolute Gasteiger partial charge is 0.383 e. The van der Waals surface area contributed by atoms with E-state index in [0.29, 0.717) is 25.4 Å². The number of nitrogens with zero attached hydrogens (tertiary/aromatic N) is 2. The Hall–Kier alpha value is -1.60. The number of methoxy groups -OCH3 is 1. The normalized spacial score (nSPS) is 18.5. The first-order valence-corrected chi connectivity index (χ1v) is 6.46. The number of carbonyl (C=O) groups excluding carboxylic acids is 1. The maximum absolute atomic E-state index is 11.7. The van der Waals surface area contributed by atoms with Crippen LogP contribution in [0.2, 0.25) is 0 Å². The van der Waals surface area contributed by atoms with Crippen molar-refractivity contribution in [3.8, 4) is 0 Å². The SMILES string of the molecule is COCCn1cc(NC(=O)NC[C@@H]2CCCO2)cn1. The van der Waals surface area contributed by atoms with Crippen molar-refractivity contribution >= 4 is 11.7 Å². The highest BCUT2D eigenvalue weighted by Gasteiger charge is 2.16. The summed E-state index contributed by atoms with van der Waals surface area (Å²) in [7, 11) is 1.64. The molecule has 0 spiro atoms. The number of aromatic nitrogens is 2. The second-order valence-electron chi connectivity index (χ2n) is 4.45. The van der Waals surface area contributed by atoms with Crippen molar-refractivity contribution in [1.29, 1.82) is 0 Å². The molecule has 1 aliphatic rings. The molecule has 0 aromatic carbocycles. The van der Waals surface area contributed by atoms with Crippen molar-refractivity contribution in [1.82, 2.24) is 15.1 Å². The predicted molar refractivity (Wildman–Crippen MR) is 70.1 cm³/mol. The number of hydrogen-bond acceptors (Lipinski definition) is 4. The topological polar surface area (TPSA) is 77.4 Å². The van der Waals surface area contributed by atoms with Crippen LogP contribution < -0.4 is 10.6 Å². The van der Waals surface area contributed by atoms with Gasteiger partial charge in [0.1, 0.15) is 0 Å². The smallest absolute Gasteiger partial charge is 0.319 e. The molecule has 0 aliphatic carbocycles. The average Bonchev–Trinajstić information content (AvgIpc) is 3.05. The zero-order valence-corrected chi connectivity index (χ0v) is 11.1. The molecule has 0 bridgehead atoms. The molecule has 2 rings (SSSR count). The van der Waals surface area contributed by atoms with E-state index in [2.05, 4.69) is 15.7 Å². The molecule has 1 saturated heterocycles. The summed E-state index contributed by atoms with van der Waals surface area (Å²) in [6.45, 7) is 2.59. The first-order valence-electron chi connectivity index (χ1n) is 6.46. The molecule has 0 radical (unpaired) electrons. The third-order valence-electron chi connectivity index (χ3n) is 2.93. The Morgan fingerprint density at radius 1 is 1.68 bits per heavy atom. The molecule has 1 aromatic heterocycles.